The fraction of sp³-hybridized carbons (Fsp3) is 0.0847. The third-order valence-corrected chi connectivity index (χ3v) is 13.4. The smallest absolute Gasteiger partial charge is 0.135 e. The molecule has 290 valence electrons. The topological polar surface area (TPSA) is 12.5 Å². The quantitative estimate of drug-likeness (QED) is 0.160. The van der Waals surface area contributed by atoms with Crippen molar-refractivity contribution < 1.29 is 4.74 Å². The van der Waals surface area contributed by atoms with Gasteiger partial charge in [-0.15, -0.1) is 0 Å². The van der Waals surface area contributed by atoms with E-state index in [2.05, 4.69) is 229 Å². The summed E-state index contributed by atoms with van der Waals surface area (Å²) in [6, 6.07) is 71.8. The molecule has 3 aliphatic carbocycles. The molecule has 0 N–H and O–H groups in total. The summed E-state index contributed by atoms with van der Waals surface area (Å²) in [4.78, 5) is 2.47. The van der Waals surface area contributed by atoms with E-state index in [4.69, 9.17) is 4.74 Å². The molecule has 1 aliphatic heterocycles. The van der Waals surface area contributed by atoms with Crippen LogP contribution in [0.1, 0.15) is 69.4 Å². The number of rotatable bonds is 7. The standard InChI is InChI=1S/C59H43NO/c1-4-17-40(18-5-1)42-20-14-26-46(37-42)60(47-27-15-21-43(38-47)49-30-16-32-56-57(49)53-35-33-41-19-10-11-28-50(41)58(53)61-56)48-34-36-52-51-29-12-13-31-54(51)59(55(52)39-48,44-22-6-2-7-23-44)45-24-8-3-9-25-45/h1-4,6-17,19-39,53,58H,5,18H2. The molecule has 0 radical (unpaired) electrons. The zero-order valence-corrected chi connectivity index (χ0v) is 33.8. The van der Waals surface area contributed by atoms with Gasteiger partial charge >= 0.3 is 0 Å². The van der Waals surface area contributed by atoms with Gasteiger partial charge in [0.2, 0.25) is 0 Å². The highest BCUT2D eigenvalue weighted by Crippen LogP contribution is 2.58. The third kappa shape index (κ3) is 5.63. The van der Waals surface area contributed by atoms with Crippen molar-refractivity contribution in [2.24, 2.45) is 0 Å². The van der Waals surface area contributed by atoms with Crippen molar-refractivity contribution in [3.8, 4) is 28.0 Å². The summed E-state index contributed by atoms with van der Waals surface area (Å²) < 4.78 is 6.78. The molecule has 61 heavy (non-hydrogen) atoms. The molecular formula is C59H43NO. The normalized spacial score (nSPS) is 17.3. The lowest BCUT2D eigenvalue weighted by molar-refractivity contribution is 0.223. The van der Waals surface area contributed by atoms with Crippen LogP contribution in [0.4, 0.5) is 17.1 Å². The molecule has 8 aromatic rings. The van der Waals surface area contributed by atoms with Crippen molar-refractivity contribution in [3.05, 3.63) is 263 Å². The lowest BCUT2D eigenvalue weighted by Crippen LogP contribution is -2.28. The highest BCUT2D eigenvalue weighted by atomic mass is 16.5. The molecule has 0 aromatic heterocycles. The fourth-order valence-corrected chi connectivity index (χ4v) is 10.7. The first kappa shape index (κ1) is 35.5. The highest BCUT2D eigenvalue weighted by Gasteiger charge is 2.46. The monoisotopic (exact) mass is 781 g/mol. The van der Waals surface area contributed by atoms with Crippen LogP contribution in [0.15, 0.2) is 218 Å². The molecular weight excluding hydrogens is 739 g/mol. The predicted molar refractivity (Wildman–Crippen MR) is 252 cm³/mol. The number of hydrogen-bond acceptors (Lipinski definition) is 2. The number of allylic oxidation sites excluding steroid dienone is 4. The number of nitrogens with zero attached hydrogens (tertiary/aromatic N) is 1. The van der Waals surface area contributed by atoms with Crippen LogP contribution in [0.2, 0.25) is 0 Å². The van der Waals surface area contributed by atoms with Gasteiger partial charge in [-0.05, 0) is 117 Å². The summed E-state index contributed by atoms with van der Waals surface area (Å²) in [6.45, 7) is 0. The Hall–Kier alpha value is -7.42. The van der Waals surface area contributed by atoms with Gasteiger partial charge in [-0.1, -0.05) is 182 Å². The molecule has 12 rings (SSSR count). The minimum atomic E-state index is -0.508. The maximum absolute atomic E-state index is 6.78. The summed E-state index contributed by atoms with van der Waals surface area (Å²) in [5.41, 5.74) is 19.2. The van der Waals surface area contributed by atoms with Gasteiger partial charge in [0.15, 0.2) is 0 Å². The second-order valence-electron chi connectivity index (χ2n) is 16.6. The van der Waals surface area contributed by atoms with Gasteiger partial charge in [-0.2, -0.15) is 0 Å². The Bertz CT molecular complexity index is 3040. The summed E-state index contributed by atoms with van der Waals surface area (Å²) in [7, 11) is 0. The Labute approximate surface area is 358 Å². The van der Waals surface area contributed by atoms with Gasteiger partial charge < -0.3 is 9.64 Å². The molecule has 4 aliphatic rings. The Morgan fingerprint density at radius 1 is 0.525 bits per heavy atom. The zero-order valence-electron chi connectivity index (χ0n) is 33.8. The molecule has 0 spiro atoms. The van der Waals surface area contributed by atoms with E-state index in [9.17, 15) is 0 Å². The van der Waals surface area contributed by atoms with Gasteiger partial charge in [-0.3, -0.25) is 0 Å². The summed E-state index contributed by atoms with van der Waals surface area (Å²) >= 11 is 0. The molecule has 0 amide bonds. The molecule has 0 fully saturated rings. The SMILES string of the molecule is C1=CCCC(c2cccc(N(c3cccc(-c4cccc5c4C4C=Cc6ccccc6C4O5)c3)c3ccc4c(c3)C(c3ccccc3)(c3ccccc3)c3ccccc3-4)c2)=C1. The number of ether oxygens (including phenoxy) is 1. The van der Waals surface area contributed by atoms with Crippen LogP contribution in [0.25, 0.3) is 33.9 Å². The van der Waals surface area contributed by atoms with Gasteiger partial charge in [0.1, 0.15) is 11.9 Å². The first-order chi connectivity index (χ1) is 30.3. The van der Waals surface area contributed by atoms with Crippen LogP contribution >= 0.6 is 0 Å². The average Bonchev–Trinajstić information content (AvgIpc) is 3.87. The first-order valence-electron chi connectivity index (χ1n) is 21.5. The highest BCUT2D eigenvalue weighted by molar-refractivity contribution is 5.90. The zero-order chi connectivity index (χ0) is 40.3. The van der Waals surface area contributed by atoms with E-state index in [1.165, 1.54) is 72.3 Å². The van der Waals surface area contributed by atoms with Crippen molar-refractivity contribution in [2.75, 3.05) is 4.90 Å². The van der Waals surface area contributed by atoms with E-state index in [0.717, 1.165) is 35.7 Å². The lowest BCUT2D eigenvalue weighted by Gasteiger charge is -2.35. The van der Waals surface area contributed by atoms with Gasteiger partial charge in [0.05, 0.1) is 5.41 Å². The van der Waals surface area contributed by atoms with Crippen molar-refractivity contribution in [1.29, 1.82) is 0 Å². The van der Waals surface area contributed by atoms with Crippen LogP contribution in [-0.4, -0.2) is 0 Å². The Kier molecular flexibility index (Phi) is 8.38. The average molecular weight is 782 g/mol. The predicted octanol–water partition coefficient (Wildman–Crippen LogP) is 15.2. The van der Waals surface area contributed by atoms with Gasteiger partial charge in [0.25, 0.3) is 0 Å². The van der Waals surface area contributed by atoms with Crippen molar-refractivity contribution >= 4 is 28.7 Å². The van der Waals surface area contributed by atoms with Crippen LogP contribution in [0, 0.1) is 0 Å². The number of benzene rings is 8. The van der Waals surface area contributed by atoms with E-state index in [1.807, 2.05) is 0 Å². The summed E-state index contributed by atoms with van der Waals surface area (Å²) in [6.07, 6.45) is 13.4. The maximum atomic E-state index is 6.78. The third-order valence-electron chi connectivity index (χ3n) is 13.4. The largest absolute Gasteiger partial charge is 0.484 e. The van der Waals surface area contributed by atoms with E-state index in [1.54, 1.807) is 0 Å². The van der Waals surface area contributed by atoms with E-state index in [0.29, 0.717) is 0 Å². The molecule has 2 heteroatoms. The molecule has 1 heterocycles. The van der Waals surface area contributed by atoms with Crippen LogP contribution in [-0.2, 0) is 5.41 Å². The van der Waals surface area contributed by atoms with Crippen molar-refractivity contribution in [2.45, 2.75) is 30.3 Å². The maximum Gasteiger partial charge on any atom is 0.135 e. The molecule has 0 bridgehead atoms. The Balaban J connectivity index is 1.06. The van der Waals surface area contributed by atoms with Crippen LogP contribution in [0.3, 0.4) is 0 Å². The Morgan fingerprint density at radius 2 is 1.18 bits per heavy atom. The van der Waals surface area contributed by atoms with Crippen molar-refractivity contribution in [1.82, 2.24) is 0 Å². The van der Waals surface area contributed by atoms with Crippen LogP contribution < -0.4 is 9.64 Å². The minimum absolute atomic E-state index is 0.0336. The second kappa shape index (κ2) is 14.4. The molecule has 0 saturated carbocycles. The lowest BCUT2D eigenvalue weighted by atomic mass is 9.67. The minimum Gasteiger partial charge on any atom is -0.484 e. The molecule has 2 atom stereocenters. The number of fused-ring (bicyclic) bond motifs is 8. The molecule has 2 unspecified atom stereocenters. The molecule has 2 nitrogen and oxygen atoms in total. The number of anilines is 3. The molecule has 8 aromatic carbocycles. The first-order valence-corrected chi connectivity index (χ1v) is 21.5. The Morgan fingerprint density at radius 3 is 1.97 bits per heavy atom. The molecule has 0 saturated heterocycles. The van der Waals surface area contributed by atoms with E-state index >= 15 is 0 Å². The van der Waals surface area contributed by atoms with Crippen molar-refractivity contribution in [3.63, 3.8) is 0 Å². The van der Waals surface area contributed by atoms with Crippen LogP contribution in [0.5, 0.6) is 5.75 Å². The van der Waals surface area contributed by atoms with Gasteiger partial charge in [0, 0.05) is 34.1 Å². The van der Waals surface area contributed by atoms with E-state index < -0.39 is 5.41 Å². The van der Waals surface area contributed by atoms with E-state index in [-0.39, 0.29) is 12.0 Å². The van der Waals surface area contributed by atoms with Gasteiger partial charge in [-0.25, -0.2) is 0 Å². The number of hydrogen-bond donors (Lipinski definition) is 0. The fourth-order valence-electron chi connectivity index (χ4n) is 10.7. The summed E-state index contributed by atoms with van der Waals surface area (Å²) in [5, 5.41) is 0. The second-order valence-corrected chi connectivity index (χ2v) is 16.6. The summed E-state index contributed by atoms with van der Waals surface area (Å²) in [5.74, 6) is 1.10.